The second-order valence-corrected chi connectivity index (χ2v) is 10.5. The summed E-state index contributed by atoms with van der Waals surface area (Å²) in [6.07, 6.45) is -0.940. The van der Waals surface area contributed by atoms with E-state index in [1.165, 1.54) is 0 Å². The van der Waals surface area contributed by atoms with Gasteiger partial charge in [0.15, 0.2) is 0 Å². The van der Waals surface area contributed by atoms with E-state index < -0.39 is 55.1 Å². The van der Waals surface area contributed by atoms with Gasteiger partial charge < -0.3 is 47.4 Å². The van der Waals surface area contributed by atoms with E-state index in [0.717, 1.165) is 0 Å². The van der Waals surface area contributed by atoms with Crippen molar-refractivity contribution in [3.05, 3.63) is 47.5 Å². The molecule has 16 heteroatoms. The molecule has 2 aliphatic heterocycles. The SMILES string of the molecule is O=C1CC(=O)OCCOc2cc(COC(=O)CC(=O)OCc3cc4cc(c3)OCCOC(=O)CC(=O)OCCCO4)cc(c2)OCCCO1. The van der Waals surface area contributed by atoms with Gasteiger partial charge >= 0.3 is 35.8 Å². The average Bonchev–Trinajstić information content (AvgIpc) is 3.06. The summed E-state index contributed by atoms with van der Waals surface area (Å²) < 4.78 is 53.2. The highest BCUT2D eigenvalue weighted by molar-refractivity contribution is 5.92. The van der Waals surface area contributed by atoms with E-state index in [1.54, 1.807) is 36.4 Å². The molecule has 2 aliphatic rings. The van der Waals surface area contributed by atoms with Crippen molar-refractivity contribution >= 4 is 35.8 Å². The standard InChI is InChI=1S/C33H36O16/c34-28-17-30(36)46-9-7-42-26-13-22(11-24(15-26)40-3-1-5-44-28)20-48-32(38)19-33(39)49-21-23-12-25-16-27(14-23)43-8-10-47-31(37)18-29(35)45-6-2-4-41-25/h11-16H,1-10,17-21H2. The summed E-state index contributed by atoms with van der Waals surface area (Å²) in [5.41, 5.74) is 1.00. The fourth-order valence-corrected chi connectivity index (χ4v) is 4.25. The topological polar surface area (TPSA) is 195 Å². The van der Waals surface area contributed by atoms with Crippen molar-refractivity contribution in [3.63, 3.8) is 0 Å². The van der Waals surface area contributed by atoms with Crippen LogP contribution in [-0.2, 0) is 70.4 Å². The smallest absolute Gasteiger partial charge is 0.317 e. The van der Waals surface area contributed by atoms with Crippen molar-refractivity contribution in [2.24, 2.45) is 0 Å². The molecule has 264 valence electrons. The Bertz CT molecular complexity index is 1380. The van der Waals surface area contributed by atoms with Crippen molar-refractivity contribution in [2.75, 3.05) is 52.9 Å². The van der Waals surface area contributed by atoms with Gasteiger partial charge in [-0.25, -0.2) is 0 Å². The monoisotopic (exact) mass is 688 g/mol. The van der Waals surface area contributed by atoms with Gasteiger partial charge in [0.2, 0.25) is 0 Å². The number of esters is 6. The van der Waals surface area contributed by atoms with E-state index >= 15 is 0 Å². The van der Waals surface area contributed by atoms with Crippen molar-refractivity contribution in [1.29, 1.82) is 0 Å². The summed E-state index contributed by atoms with van der Waals surface area (Å²) in [6.45, 7) is -0.152. The van der Waals surface area contributed by atoms with Crippen molar-refractivity contribution in [2.45, 2.75) is 45.3 Å². The van der Waals surface area contributed by atoms with Crippen LogP contribution < -0.4 is 18.9 Å². The summed E-state index contributed by atoms with van der Waals surface area (Å²) in [5, 5.41) is 0. The minimum absolute atomic E-state index is 0.00942. The van der Waals surface area contributed by atoms with Crippen LogP contribution in [0.3, 0.4) is 0 Å². The molecular weight excluding hydrogens is 652 g/mol. The minimum Gasteiger partial charge on any atom is -0.493 e. The lowest BCUT2D eigenvalue weighted by Crippen LogP contribution is -2.17. The molecule has 4 bridgehead atoms. The molecule has 2 aromatic carbocycles. The number of cyclic esters (lactones) is 4. The predicted octanol–water partition coefficient (Wildman–Crippen LogP) is 2.14. The minimum atomic E-state index is -0.834. The quantitative estimate of drug-likeness (QED) is 0.243. The molecule has 0 unspecified atom stereocenters. The first-order valence-corrected chi connectivity index (χ1v) is 15.4. The second kappa shape index (κ2) is 19.3. The third-order valence-electron chi connectivity index (χ3n) is 6.42. The maximum atomic E-state index is 12.5. The van der Waals surface area contributed by atoms with E-state index in [2.05, 4.69) is 0 Å². The molecule has 0 N–H and O–H groups in total. The molecule has 0 aliphatic carbocycles. The number of rotatable bonds is 6. The summed E-state index contributed by atoms with van der Waals surface area (Å²) in [5.74, 6) is -3.00. The first kappa shape index (κ1) is 36.3. The molecule has 0 fully saturated rings. The van der Waals surface area contributed by atoms with E-state index in [0.29, 0.717) is 47.0 Å². The fraction of sp³-hybridized carbons (Fsp3) is 0.455. The normalized spacial score (nSPS) is 16.7. The van der Waals surface area contributed by atoms with Crippen LogP contribution in [0.4, 0.5) is 0 Å². The molecule has 0 aromatic heterocycles. The highest BCUT2D eigenvalue weighted by Crippen LogP contribution is 2.26. The van der Waals surface area contributed by atoms with Gasteiger partial charge in [0.1, 0.15) is 81.9 Å². The number of fused-ring (bicyclic) bond motifs is 4. The van der Waals surface area contributed by atoms with Gasteiger partial charge in [-0.2, -0.15) is 0 Å². The maximum absolute atomic E-state index is 12.5. The average molecular weight is 689 g/mol. The van der Waals surface area contributed by atoms with Crippen LogP contribution in [0.25, 0.3) is 0 Å². The maximum Gasteiger partial charge on any atom is 0.317 e. The van der Waals surface area contributed by atoms with Gasteiger partial charge in [-0.05, 0) is 35.4 Å². The van der Waals surface area contributed by atoms with Gasteiger partial charge in [-0.15, -0.1) is 0 Å². The Morgan fingerprint density at radius 1 is 0.449 bits per heavy atom. The van der Waals surface area contributed by atoms with Crippen molar-refractivity contribution < 1.29 is 76.1 Å². The Labute approximate surface area is 280 Å². The van der Waals surface area contributed by atoms with Crippen LogP contribution in [-0.4, -0.2) is 88.7 Å². The van der Waals surface area contributed by atoms with E-state index in [4.69, 9.17) is 47.4 Å². The molecule has 49 heavy (non-hydrogen) atoms. The summed E-state index contributed by atoms with van der Waals surface area (Å²) in [6, 6.07) is 9.67. The molecule has 2 heterocycles. The lowest BCUT2D eigenvalue weighted by Gasteiger charge is -2.13. The zero-order chi connectivity index (χ0) is 34.8. The number of hydrogen-bond acceptors (Lipinski definition) is 16. The Hall–Kier alpha value is -5.54. The van der Waals surface area contributed by atoms with E-state index in [-0.39, 0.29) is 66.1 Å². The van der Waals surface area contributed by atoms with Crippen LogP contribution in [0.5, 0.6) is 23.0 Å². The predicted molar refractivity (Wildman–Crippen MR) is 161 cm³/mol. The Morgan fingerprint density at radius 2 is 0.755 bits per heavy atom. The largest absolute Gasteiger partial charge is 0.493 e. The zero-order valence-corrected chi connectivity index (χ0v) is 26.6. The second-order valence-electron chi connectivity index (χ2n) is 10.5. The van der Waals surface area contributed by atoms with Crippen LogP contribution in [0.1, 0.15) is 43.2 Å². The van der Waals surface area contributed by atoms with Gasteiger partial charge in [-0.1, -0.05) is 0 Å². The van der Waals surface area contributed by atoms with Crippen molar-refractivity contribution in [3.8, 4) is 23.0 Å². The van der Waals surface area contributed by atoms with Crippen LogP contribution in [0.15, 0.2) is 36.4 Å². The lowest BCUT2D eigenvalue weighted by atomic mass is 10.2. The van der Waals surface area contributed by atoms with E-state index in [9.17, 15) is 28.8 Å². The molecule has 0 atom stereocenters. The summed E-state index contributed by atoms with van der Waals surface area (Å²) in [4.78, 5) is 71.7. The van der Waals surface area contributed by atoms with Gasteiger partial charge in [0.25, 0.3) is 0 Å². The van der Waals surface area contributed by atoms with Crippen molar-refractivity contribution in [1.82, 2.24) is 0 Å². The Balaban J connectivity index is 1.28. The Morgan fingerprint density at radius 3 is 1.14 bits per heavy atom. The van der Waals surface area contributed by atoms with E-state index in [1.807, 2.05) is 0 Å². The molecular formula is C33H36O16. The molecule has 0 spiro atoms. The van der Waals surface area contributed by atoms with Crippen LogP contribution in [0, 0.1) is 0 Å². The molecule has 0 radical (unpaired) electrons. The number of ether oxygens (including phenoxy) is 10. The highest BCUT2D eigenvalue weighted by Gasteiger charge is 2.17. The third-order valence-corrected chi connectivity index (χ3v) is 6.42. The molecule has 4 rings (SSSR count). The highest BCUT2D eigenvalue weighted by atomic mass is 16.6. The number of carbonyl (C=O) groups is 6. The lowest BCUT2D eigenvalue weighted by molar-refractivity contribution is -0.157. The molecule has 0 saturated heterocycles. The first-order valence-electron chi connectivity index (χ1n) is 15.4. The zero-order valence-electron chi connectivity index (χ0n) is 26.6. The van der Waals surface area contributed by atoms with Gasteiger partial charge in [-0.3, -0.25) is 28.8 Å². The van der Waals surface area contributed by atoms with Gasteiger partial charge in [0, 0.05) is 25.0 Å². The molecule has 0 saturated carbocycles. The Kier molecular flexibility index (Phi) is 14.3. The van der Waals surface area contributed by atoms with Crippen LogP contribution in [0.2, 0.25) is 0 Å². The summed E-state index contributed by atoms with van der Waals surface area (Å²) >= 11 is 0. The fourth-order valence-electron chi connectivity index (χ4n) is 4.25. The number of benzene rings is 2. The van der Waals surface area contributed by atoms with Gasteiger partial charge in [0.05, 0.1) is 26.4 Å². The first-order chi connectivity index (χ1) is 23.7. The molecule has 0 amide bonds. The third kappa shape index (κ3) is 14.0. The number of carbonyl (C=O) groups excluding carboxylic acids is 6. The molecule has 16 nitrogen and oxygen atoms in total. The number of hydrogen-bond donors (Lipinski definition) is 0. The van der Waals surface area contributed by atoms with Crippen LogP contribution >= 0.6 is 0 Å². The molecule has 2 aromatic rings. The summed E-state index contributed by atoms with van der Waals surface area (Å²) in [7, 11) is 0.